The predicted octanol–water partition coefficient (Wildman–Crippen LogP) is 2.60. The maximum Gasteiger partial charge on any atom is 0.122 e. The van der Waals surface area contributed by atoms with E-state index in [2.05, 4.69) is 30.9 Å². The molecule has 2 aliphatic heterocycles. The summed E-state index contributed by atoms with van der Waals surface area (Å²) in [6.45, 7) is 4.42. The van der Waals surface area contributed by atoms with Crippen LogP contribution in [0.4, 0.5) is 0 Å². The van der Waals surface area contributed by atoms with Gasteiger partial charge in [-0.1, -0.05) is 12.2 Å². The van der Waals surface area contributed by atoms with Crippen LogP contribution in [0.15, 0.2) is 12.2 Å². The van der Waals surface area contributed by atoms with Crippen LogP contribution in [0.2, 0.25) is 0 Å². The molecule has 2 heterocycles. The van der Waals surface area contributed by atoms with Gasteiger partial charge in [-0.25, -0.2) is 0 Å². The molecule has 4 atom stereocenters. The van der Waals surface area contributed by atoms with E-state index in [1.807, 2.05) is 11.8 Å². The molecule has 0 amide bonds. The quantitative estimate of drug-likeness (QED) is 0.637. The van der Waals surface area contributed by atoms with Crippen LogP contribution in [0.5, 0.6) is 0 Å². The van der Waals surface area contributed by atoms with Crippen LogP contribution in [0.1, 0.15) is 33.1 Å². The molecule has 3 aliphatic rings. The maximum atomic E-state index is 6.33. The molecule has 0 aromatic heterocycles. The number of fused-ring (bicyclic) bond motifs is 3. The van der Waals surface area contributed by atoms with Gasteiger partial charge in [0.15, 0.2) is 0 Å². The fraction of sp³-hybridized carbons (Fsp3) is 0.833. The molecular weight excluding hydrogens is 206 g/mol. The van der Waals surface area contributed by atoms with Crippen molar-refractivity contribution in [3.8, 4) is 0 Å². The number of rotatable bonds is 1. The molecule has 2 saturated heterocycles. The second-order valence-electron chi connectivity index (χ2n) is 4.82. The van der Waals surface area contributed by atoms with Gasteiger partial charge in [0.05, 0.1) is 5.37 Å². The van der Waals surface area contributed by atoms with Crippen molar-refractivity contribution < 1.29 is 4.74 Å². The standard InChI is InChI=1S/C12H19NOS/c1-3-6-12-7-4-5-10(12)13-9(2)15-8-11(13)14-12/h3,6,9-11H,4-5,7-8H2,1-2H3/b6-3+/t9-,10-,11+,12?/m1/s1. The molecule has 0 bridgehead atoms. The summed E-state index contributed by atoms with van der Waals surface area (Å²) in [6.07, 6.45) is 8.69. The van der Waals surface area contributed by atoms with Crippen molar-refractivity contribution in [2.24, 2.45) is 0 Å². The van der Waals surface area contributed by atoms with Crippen LogP contribution in [-0.4, -0.2) is 33.9 Å². The third-order valence-electron chi connectivity index (χ3n) is 4.01. The van der Waals surface area contributed by atoms with Gasteiger partial charge in [-0.2, -0.15) is 0 Å². The number of thioether (sulfide) groups is 1. The molecule has 1 unspecified atom stereocenters. The Bertz CT molecular complexity index is 293. The lowest BCUT2D eigenvalue weighted by atomic mass is 9.97. The van der Waals surface area contributed by atoms with Crippen LogP contribution in [0.25, 0.3) is 0 Å². The third-order valence-corrected chi connectivity index (χ3v) is 5.21. The van der Waals surface area contributed by atoms with Crippen molar-refractivity contribution in [1.82, 2.24) is 4.90 Å². The number of hydrogen-bond donors (Lipinski definition) is 0. The zero-order valence-corrected chi connectivity index (χ0v) is 10.3. The van der Waals surface area contributed by atoms with Gasteiger partial charge in [-0.05, 0) is 33.1 Å². The highest BCUT2D eigenvalue weighted by Crippen LogP contribution is 2.50. The molecule has 2 nitrogen and oxygen atoms in total. The smallest absolute Gasteiger partial charge is 0.122 e. The molecule has 0 radical (unpaired) electrons. The van der Waals surface area contributed by atoms with E-state index in [-0.39, 0.29) is 5.60 Å². The lowest BCUT2D eigenvalue weighted by Crippen LogP contribution is -2.41. The Hall–Kier alpha value is 0.01000. The summed E-state index contributed by atoms with van der Waals surface area (Å²) in [5.41, 5.74) is 0.0641. The number of hydrogen-bond acceptors (Lipinski definition) is 3. The van der Waals surface area contributed by atoms with E-state index in [1.54, 1.807) is 0 Å². The number of allylic oxidation sites excluding steroid dienone is 1. The molecule has 1 aliphatic carbocycles. The summed E-state index contributed by atoms with van der Waals surface area (Å²) in [5.74, 6) is 1.15. The molecule has 1 saturated carbocycles. The third kappa shape index (κ3) is 1.33. The van der Waals surface area contributed by atoms with Crippen LogP contribution < -0.4 is 0 Å². The minimum Gasteiger partial charge on any atom is -0.350 e. The summed E-state index contributed by atoms with van der Waals surface area (Å²) in [4.78, 5) is 2.61. The Kier molecular flexibility index (Phi) is 2.38. The van der Waals surface area contributed by atoms with Gasteiger partial charge >= 0.3 is 0 Å². The molecule has 3 fully saturated rings. The Morgan fingerprint density at radius 2 is 2.40 bits per heavy atom. The fourth-order valence-corrected chi connectivity index (χ4v) is 4.61. The summed E-state index contributed by atoms with van der Waals surface area (Å²) in [5, 5.41) is 0.644. The molecule has 0 aromatic carbocycles. The number of nitrogens with zero attached hydrogens (tertiary/aromatic N) is 1. The Labute approximate surface area is 96.0 Å². The second kappa shape index (κ2) is 3.51. The van der Waals surface area contributed by atoms with E-state index in [1.165, 1.54) is 19.3 Å². The van der Waals surface area contributed by atoms with E-state index in [0.717, 1.165) is 5.75 Å². The topological polar surface area (TPSA) is 12.5 Å². The van der Waals surface area contributed by atoms with Crippen molar-refractivity contribution in [3.63, 3.8) is 0 Å². The summed E-state index contributed by atoms with van der Waals surface area (Å²) in [7, 11) is 0. The molecule has 3 heteroatoms. The summed E-state index contributed by atoms with van der Waals surface area (Å²) >= 11 is 2.03. The fourth-order valence-electron chi connectivity index (χ4n) is 3.47. The first kappa shape index (κ1) is 10.2. The van der Waals surface area contributed by atoms with Crippen LogP contribution in [0, 0.1) is 0 Å². The lowest BCUT2D eigenvalue weighted by molar-refractivity contribution is -0.0175. The highest BCUT2D eigenvalue weighted by Gasteiger charge is 2.57. The zero-order valence-electron chi connectivity index (χ0n) is 9.48. The monoisotopic (exact) mass is 225 g/mol. The number of ether oxygens (including phenoxy) is 1. The van der Waals surface area contributed by atoms with Crippen LogP contribution >= 0.6 is 11.8 Å². The minimum atomic E-state index is 0.0641. The van der Waals surface area contributed by atoms with Gasteiger partial charge in [-0.3, -0.25) is 4.90 Å². The van der Waals surface area contributed by atoms with Gasteiger partial charge in [0, 0.05) is 11.8 Å². The molecular formula is C12H19NOS. The van der Waals surface area contributed by atoms with Crippen molar-refractivity contribution in [3.05, 3.63) is 12.2 Å². The van der Waals surface area contributed by atoms with Gasteiger partial charge in [0.25, 0.3) is 0 Å². The first-order valence-corrected chi connectivity index (χ1v) is 7.02. The zero-order chi connectivity index (χ0) is 10.5. The molecule has 84 valence electrons. The van der Waals surface area contributed by atoms with Crippen LogP contribution in [-0.2, 0) is 4.74 Å². The van der Waals surface area contributed by atoms with Crippen LogP contribution in [0.3, 0.4) is 0 Å². The van der Waals surface area contributed by atoms with E-state index < -0.39 is 0 Å². The van der Waals surface area contributed by atoms with Crippen molar-refractivity contribution >= 4 is 11.8 Å². The van der Waals surface area contributed by atoms with E-state index >= 15 is 0 Å². The molecule has 0 N–H and O–H groups in total. The van der Waals surface area contributed by atoms with E-state index in [4.69, 9.17) is 4.74 Å². The van der Waals surface area contributed by atoms with E-state index in [0.29, 0.717) is 17.6 Å². The highest BCUT2D eigenvalue weighted by molar-refractivity contribution is 8.00. The first-order valence-electron chi connectivity index (χ1n) is 5.97. The normalized spacial score (nSPS) is 50.1. The summed E-state index contributed by atoms with van der Waals surface area (Å²) < 4.78 is 6.33. The Morgan fingerprint density at radius 1 is 1.53 bits per heavy atom. The van der Waals surface area contributed by atoms with Gasteiger partial charge in [-0.15, -0.1) is 11.8 Å². The van der Waals surface area contributed by atoms with Crippen molar-refractivity contribution in [2.75, 3.05) is 5.75 Å². The molecule has 15 heavy (non-hydrogen) atoms. The lowest BCUT2D eigenvalue weighted by Gasteiger charge is -2.29. The van der Waals surface area contributed by atoms with Crippen molar-refractivity contribution in [2.45, 2.75) is 56.4 Å². The average molecular weight is 225 g/mol. The Morgan fingerprint density at radius 3 is 3.20 bits per heavy atom. The SMILES string of the molecule is C/C=C/C12CCC[C@H]1N1[C@H](CS[C@@H]1C)O2. The minimum absolute atomic E-state index is 0.0641. The Balaban J connectivity index is 1.92. The van der Waals surface area contributed by atoms with Crippen molar-refractivity contribution in [1.29, 1.82) is 0 Å². The van der Waals surface area contributed by atoms with E-state index in [9.17, 15) is 0 Å². The maximum absolute atomic E-state index is 6.33. The summed E-state index contributed by atoms with van der Waals surface area (Å²) in [6, 6.07) is 0.642. The largest absolute Gasteiger partial charge is 0.350 e. The van der Waals surface area contributed by atoms with Gasteiger partial charge < -0.3 is 4.74 Å². The molecule has 0 aromatic rings. The van der Waals surface area contributed by atoms with Gasteiger partial charge in [0.2, 0.25) is 0 Å². The van der Waals surface area contributed by atoms with Gasteiger partial charge in [0.1, 0.15) is 11.8 Å². The first-order chi connectivity index (χ1) is 7.27. The average Bonchev–Trinajstić information content (AvgIpc) is 2.78. The molecule has 0 spiro atoms. The highest BCUT2D eigenvalue weighted by atomic mass is 32.2. The second-order valence-corrected chi connectivity index (χ2v) is 6.16. The molecule has 3 rings (SSSR count). The predicted molar refractivity (Wildman–Crippen MR) is 63.8 cm³/mol.